The van der Waals surface area contributed by atoms with Crippen molar-refractivity contribution in [1.29, 1.82) is 0 Å². The van der Waals surface area contributed by atoms with Gasteiger partial charge in [-0.25, -0.2) is 4.79 Å². The van der Waals surface area contributed by atoms with Gasteiger partial charge >= 0.3 is 6.03 Å². The SMILES string of the molecule is CC1=C(C(=O)c2ccc(Cl)cc2)[C@@H](c2ccc(OCc3ccccc3)cc2)NC(=O)N1. The lowest BCUT2D eigenvalue weighted by atomic mass is 9.89. The molecular weight excluding hydrogens is 412 g/mol. The maximum Gasteiger partial charge on any atom is 0.319 e. The monoisotopic (exact) mass is 432 g/mol. The lowest BCUT2D eigenvalue weighted by Gasteiger charge is -2.28. The van der Waals surface area contributed by atoms with E-state index in [0.717, 1.165) is 11.1 Å². The summed E-state index contributed by atoms with van der Waals surface area (Å²) in [6.07, 6.45) is 0. The van der Waals surface area contributed by atoms with E-state index in [1.54, 1.807) is 31.2 Å². The molecule has 0 aliphatic carbocycles. The molecule has 1 heterocycles. The molecule has 156 valence electrons. The molecule has 3 aromatic rings. The minimum atomic E-state index is -0.569. The number of rotatable bonds is 6. The van der Waals surface area contributed by atoms with Crippen LogP contribution in [0.5, 0.6) is 5.75 Å². The van der Waals surface area contributed by atoms with E-state index in [4.69, 9.17) is 16.3 Å². The van der Waals surface area contributed by atoms with E-state index >= 15 is 0 Å². The highest BCUT2D eigenvalue weighted by Gasteiger charge is 2.31. The van der Waals surface area contributed by atoms with E-state index < -0.39 is 6.04 Å². The second kappa shape index (κ2) is 9.06. The number of hydrogen-bond donors (Lipinski definition) is 2. The van der Waals surface area contributed by atoms with Gasteiger partial charge in [-0.3, -0.25) is 4.79 Å². The van der Waals surface area contributed by atoms with Crippen LogP contribution in [0.4, 0.5) is 4.79 Å². The van der Waals surface area contributed by atoms with Gasteiger partial charge in [-0.1, -0.05) is 54.1 Å². The topological polar surface area (TPSA) is 67.4 Å². The second-order valence-electron chi connectivity index (χ2n) is 7.25. The van der Waals surface area contributed by atoms with Crippen LogP contribution in [0.2, 0.25) is 5.02 Å². The summed E-state index contributed by atoms with van der Waals surface area (Å²) in [6, 6.07) is 23.1. The normalized spacial score (nSPS) is 15.8. The van der Waals surface area contributed by atoms with Crippen molar-refractivity contribution in [2.45, 2.75) is 19.6 Å². The molecular formula is C25H21ClN2O3. The van der Waals surface area contributed by atoms with Crippen LogP contribution in [0, 0.1) is 0 Å². The van der Waals surface area contributed by atoms with Crippen molar-refractivity contribution in [2.75, 3.05) is 0 Å². The Labute approximate surface area is 185 Å². The summed E-state index contributed by atoms with van der Waals surface area (Å²) in [6.45, 7) is 2.19. The van der Waals surface area contributed by atoms with Crippen LogP contribution < -0.4 is 15.4 Å². The number of allylic oxidation sites excluding steroid dienone is 1. The van der Waals surface area contributed by atoms with Crippen LogP contribution in [0.15, 0.2) is 90.1 Å². The third kappa shape index (κ3) is 4.78. The van der Waals surface area contributed by atoms with Crippen LogP contribution in [0.3, 0.4) is 0 Å². The van der Waals surface area contributed by atoms with Crippen LogP contribution in [-0.2, 0) is 6.61 Å². The van der Waals surface area contributed by atoms with Crippen LogP contribution in [-0.4, -0.2) is 11.8 Å². The number of urea groups is 1. The smallest absolute Gasteiger partial charge is 0.319 e. The number of nitrogens with one attached hydrogen (secondary N) is 2. The highest BCUT2D eigenvalue weighted by Crippen LogP contribution is 2.30. The summed E-state index contributed by atoms with van der Waals surface area (Å²) in [7, 11) is 0. The average Bonchev–Trinajstić information content (AvgIpc) is 2.78. The molecule has 2 N–H and O–H groups in total. The van der Waals surface area contributed by atoms with Crippen molar-refractivity contribution in [3.05, 3.63) is 112 Å². The van der Waals surface area contributed by atoms with Crippen molar-refractivity contribution >= 4 is 23.4 Å². The molecule has 0 unspecified atom stereocenters. The van der Waals surface area contributed by atoms with E-state index in [0.29, 0.717) is 34.2 Å². The van der Waals surface area contributed by atoms with Gasteiger partial charge in [-0.2, -0.15) is 0 Å². The lowest BCUT2D eigenvalue weighted by molar-refractivity contribution is 0.102. The van der Waals surface area contributed by atoms with Gasteiger partial charge in [0.1, 0.15) is 12.4 Å². The van der Waals surface area contributed by atoms with Gasteiger partial charge in [-0.05, 0) is 54.4 Å². The number of hydrogen-bond acceptors (Lipinski definition) is 3. The fourth-order valence-corrected chi connectivity index (χ4v) is 3.63. The maximum atomic E-state index is 13.2. The maximum absolute atomic E-state index is 13.2. The summed E-state index contributed by atoms with van der Waals surface area (Å²) < 4.78 is 5.84. The third-order valence-corrected chi connectivity index (χ3v) is 5.33. The number of amides is 2. The molecule has 0 bridgehead atoms. The van der Waals surface area contributed by atoms with E-state index in [9.17, 15) is 9.59 Å². The Morgan fingerprint density at radius 3 is 2.32 bits per heavy atom. The van der Waals surface area contributed by atoms with E-state index in [-0.39, 0.29) is 11.8 Å². The molecule has 2 amide bonds. The molecule has 0 radical (unpaired) electrons. The van der Waals surface area contributed by atoms with Crippen LogP contribution in [0.1, 0.15) is 34.5 Å². The van der Waals surface area contributed by atoms with Crippen LogP contribution in [0.25, 0.3) is 0 Å². The van der Waals surface area contributed by atoms with Gasteiger partial charge in [-0.15, -0.1) is 0 Å². The third-order valence-electron chi connectivity index (χ3n) is 5.08. The number of carbonyl (C=O) groups excluding carboxylic acids is 2. The van der Waals surface area contributed by atoms with E-state index in [1.165, 1.54) is 0 Å². The Hall–Kier alpha value is -3.57. The molecule has 31 heavy (non-hydrogen) atoms. The van der Waals surface area contributed by atoms with Gasteiger partial charge in [0.2, 0.25) is 0 Å². The summed E-state index contributed by atoms with van der Waals surface area (Å²) in [5.74, 6) is 0.537. The minimum absolute atomic E-state index is 0.170. The molecule has 4 rings (SSSR count). The first kappa shape index (κ1) is 20.7. The molecule has 0 aromatic heterocycles. The van der Waals surface area contributed by atoms with Crippen molar-refractivity contribution in [1.82, 2.24) is 10.6 Å². The molecule has 0 saturated heterocycles. The van der Waals surface area contributed by atoms with Gasteiger partial charge in [0.25, 0.3) is 0 Å². The van der Waals surface area contributed by atoms with Crippen molar-refractivity contribution in [3.8, 4) is 5.75 Å². The Kier molecular flexibility index (Phi) is 6.05. The zero-order valence-electron chi connectivity index (χ0n) is 16.9. The van der Waals surface area contributed by atoms with Crippen molar-refractivity contribution < 1.29 is 14.3 Å². The highest BCUT2D eigenvalue weighted by atomic mass is 35.5. The zero-order chi connectivity index (χ0) is 21.8. The lowest BCUT2D eigenvalue weighted by Crippen LogP contribution is -2.45. The largest absolute Gasteiger partial charge is 0.489 e. The fourth-order valence-electron chi connectivity index (χ4n) is 3.50. The summed E-state index contributed by atoms with van der Waals surface area (Å²) in [4.78, 5) is 25.3. The van der Waals surface area contributed by atoms with Crippen molar-refractivity contribution in [3.63, 3.8) is 0 Å². The molecule has 3 aromatic carbocycles. The average molecular weight is 433 g/mol. The Bertz CT molecular complexity index is 1120. The number of carbonyl (C=O) groups is 2. The number of halogens is 1. The second-order valence-corrected chi connectivity index (χ2v) is 7.69. The number of ketones is 1. The number of Topliss-reactive ketones (excluding diaryl/α,β-unsaturated/α-hetero) is 1. The summed E-state index contributed by atoms with van der Waals surface area (Å²) >= 11 is 5.95. The van der Waals surface area contributed by atoms with Gasteiger partial charge in [0.15, 0.2) is 5.78 Å². The molecule has 1 aliphatic heterocycles. The zero-order valence-corrected chi connectivity index (χ0v) is 17.6. The van der Waals surface area contributed by atoms with E-state index in [2.05, 4.69) is 10.6 Å². The highest BCUT2D eigenvalue weighted by molar-refractivity contribution is 6.30. The fraction of sp³-hybridized carbons (Fsp3) is 0.120. The molecule has 5 nitrogen and oxygen atoms in total. The summed E-state index contributed by atoms with van der Waals surface area (Å²) in [5.41, 5.74) is 3.38. The van der Waals surface area contributed by atoms with E-state index in [1.807, 2.05) is 54.6 Å². The quantitative estimate of drug-likeness (QED) is 0.510. The Morgan fingerprint density at radius 1 is 0.968 bits per heavy atom. The first-order valence-electron chi connectivity index (χ1n) is 9.86. The summed E-state index contributed by atoms with van der Waals surface area (Å²) in [5, 5.41) is 6.11. The van der Waals surface area contributed by atoms with Gasteiger partial charge in [0.05, 0.1) is 6.04 Å². The molecule has 1 atom stereocenters. The standard InChI is InChI=1S/C25H21ClN2O3/c1-16-22(24(29)19-7-11-20(26)12-8-19)23(28-25(30)27-16)18-9-13-21(14-10-18)31-15-17-5-3-2-4-6-17/h2-14,23H,15H2,1H3,(H2,27,28,30)/t23-/m1/s1. The minimum Gasteiger partial charge on any atom is -0.489 e. The molecule has 1 aliphatic rings. The first-order valence-corrected chi connectivity index (χ1v) is 10.2. The Balaban J connectivity index is 1.57. The first-order chi connectivity index (χ1) is 15.0. The van der Waals surface area contributed by atoms with Crippen LogP contribution >= 0.6 is 11.6 Å². The Morgan fingerprint density at radius 2 is 1.65 bits per heavy atom. The van der Waals surface area contributed by atoms with Gasteiger partial charge in [0, 0.05) is 21.9 Å². The molecule has 0 spiro atoms. The molecule has 6 heteroatoms. The predicted molar refractivity (Wildman–Crippen MR) is 120 cm³/mol. The van der Waals surface area contributed by atoms with Gasteiger partial charge < -0.3 is 15.4 Å². The molecule has 0 fully saturated rings. The number of benzene rings is 3. The number of ether oxygens (including phenoxy) is 1. The molecule has 0 saturated carbocycles. The van der Waals surface area contributed by atoms with Crippen molar-refractivity contribution in [2.24, 2.45) is 0 Å². The predicted octanol–water partition coefficient (Wildman–Crippen LogP) is 5.43.